The van der Waals surface area contributed by atoms with Crippen molar-refractivity contribution in [2.24, 2.45) is 0 Å². The molecule has 0 aliphatic rings. The van der Waals surface area contributed by atoms with Crippen molar-refractivity contribution in [3.63, 3.8) is 0 Å². The molecule has 0 aliphatic heterocycles. The van der Waals surface area contributed by atoms with Gasteiger partial charge in [0, 0.05) is 23.1 Å². The lowest BCUT2D eigenvalue weighted by Crippen LogP contribution is -2.21. The fourth-order valence-corrected chi connectivity index (χ4v) is 2.34. The summed E-state index contributed by atoms with van der Waals surface area (Å²) in [5.74, 6) is 0. The van der Waals surface area contributed by atoms with Crippen molar-refractivity contribution in [2.75, 3.05) is 0 Å². The summed E-state index contributed by atoms with van der Waals surface area (Å²) in [6, 6.07) is 12.8. The van der Waals surface area contributed by atoms with E-state index in [0.29, 0.717) is 0 Å². The standard InChI is InChI=1S/C15H14N/c1-11-6-5-7-13-12(2)15-8-3-4-9-16(15)10-14(11)13/h3-10H,1-2H3/q+1. The van der Waals surface area contributed by atoms with Crippen molar-refractivity contribution in [3.8, 4) is 0 Å². The van der Waals surface area contributed by atoms with Crippen molar-refractivity contribution < 1.29 is 4.40 Å². The number of pyridine rings is 2. The summed E-state index contributed by atoms with van der Waals surface area (Å²) in [4.78, 5) is 0. The van der Waals surface area contributed by atoms with Crippen LogP contribution < -0.4 is 4.40 Å². The number of fused-ring (bicyclic) bond motifs is 2. The van der Waals surface area contributed by atoms with Crippen LogP contribution >= 0.6 is 0 Å². The molecule has 0 radical (unpaired) electrons. The minimum absolute atomic E-state index is 1.28. The van der Waals surface area contributed by atoms with Gasteiger partial charge in [-0.05, 0) is 30.9 Å². The number of rotatable bonds is 0. The zero-order valence-electron chi connectivity index (χ0n) is 9.57. The topological polar surface area (TPSA) is 4.10 Å². The number of hydrogen-bond donors (Lipinski definition) is 0. The predicted molar refractivity (Wildman–Crippen MR) is 66.6 cm³/mol. The summed E-state index contributed by atoms with van der Waals surface area (Å²) in [5, 5.41) is 2.69. The van der Waals surface area contributed by atoms with Crippen LogP contribution in [-0.4, -0.2) is 0 Å². The molecule has 0 amide bonds. The van der Waals surface area contributed by atoms with E-state index in [4.69, 9.17) is 0 Å². The highest BCUT2D eigenvalue weighted by atomic mass is 14.8. The summed E-state index contributed by atoms with van der Waals surface area (Å²) >= 11 is 0. The van der Waals surface area contributed by atoms with E-state index >= 15 is 0 Å². The summed E-state index contributed by atoms with van der Waals surface area (Å²) in [5.41, 5.74) is 3.96. The van der Waals surface area contributed by atoms with E-state index < -0.39 is 0 Å². The van der Waals surface area contributed by atoms with E-state index in [0.717, 1.165) is 0 Å². The fraction of sp³-hybridized carbons (Fsp3) is 0.133. The van der Waals surface area contributed by atoms with Crippen LogP contribution in [-0.2, 0) is 0 Å². The van der Waals surface area contributed by atoms with Crippen LogP contribution in [0.5, 0.6) is 0 Å². The number of nitrogens with zero attached hydrogens (tertiary/aromatic N) is 1. The van der Waals surface area contributed by atoms with Crippen LogP contribution in [0, 0.1) is 13.8 Å². The molecular weight excluding hydrogens is 194 g/mol. The number of aryl methyl sites for hydroxylation is 2. The van der Waals surface area contributed by atoms with Gasteiger partial charge in [0.1, 0.15) is 0 Å². The molecule has 0 unspecified atom stereocenters. The molecule has 1 heteroatoms. The number of benzene rings is 1. The highest BCUT2D eigenvalue weighted by molar-refractivity contribution is 5.90. The molecule has 16 heavy (non-hydrogen) atoms. The van der Waals surface area contributed by atoms with Gasteiger partial charge in [-0.3, -0.25) is 0 Å². The number of hydrogen-bond acceptors (Lipinski definition) is 0. The average molecular weight is 208 g/mol. The third-order valence-electron chi connectivity index (χ3n) is 3.27. The average Bonchev–Trinajstić information content (AvgIpc) is 2.31. The van der Waals surface area contributed by atoms with E-state index in [1.54, 1.807) is 0 Å². The lowest BCUT2D eigenvalue weighted by Gasteiger charge is -2.04. The van der Waals surface area contributed by atoms with Gasteiger partial charge in [0.25, 0.3) is 0 Å². The molecule has 0 spiro atoms. The SMILES string of the molecule is Cc1cccc2c(C)c3cccc[n+]3cc12. The highest BCUT2D eigenvalue weighted by Gasteiger charge is 2.10. The van der Waals surface area contributed by atoms with Crippen molar-refractivity contribution in [3.05, 3.63) is 59.9 Å². The first-order valence-corrected chi connectivity index (χ1v) is 5.56. The molecule has 0 bridgehead atoms. The summed E-state index contributed by atoms with van der Waals surface area (Å²) in [7, 11) is 0. The van der Waals surface area contributed by atoms with Gasteiger partial charge < -0.3 is 0 Å². The van der Waals surface area contributed by atoms with Gasteiger partial charge in [-0.25, -0.2) is 0 Å². The lowest BCUT2D eigenvalue weighted by atomic mass is 10.0. The van der Waals surface area contributed by atoms with Crippen LogP contribution in [0.2, 0.25) is 0 Å². The smallest absolute Gasteiger partial charge is 0.166 e. The van der Waals surface area contributed by atoms with E-state index in [2.05, 4.69) is 67.0 Å². The van der Waals surface area contributed by atoms with Crippen LogP contribution in [0.1, 0.15) is 11.1 Å². The minimum atomic E-state index is 1.28. The van der Waals surface area contributed by atoms with Gasteiger partial charge in [-0.15, -0.1) is 0 Å². The molecule has 1 aromatic carbocycles. The summed E-state index contributed by atoms with van der Waals surface area (Å²) < 4.78 is 2.20. The second-order valence-corrected chi connectivity index (χ2v) is 4.28. The Labute approximate surface area is 95.0 Å². The van der Waals surface area contributed by atoms with Crippen molar-refractivity contribution in [1.82, 2.24) is 0 Å². The maximum atomic E-state index is 2.22. The zero-order chi connectivity index (χ0) is 11.1. The Morgan fingerprint density at radius 3 is 2.62 bits per heavy atom. The molecule has 3 rings (SSSR count). The van der Waals surface area contributed by atoms with Crippen LogP contribution in [0.15, 0.2) is 48.8 Å². The molecule has 3 aromatic rings. The maximum absolute atomic E-state index is 2.22. The van der Waals surface area contributed by atoms with Crippen molar-refractivity contribution in [2.45, 2.75) is 13.8 Å². The summed E-state index contributed by atoms with van der Waals surface area (Å²) in [6.45, 7) is 4.36. The Kier molecular flexibility index (Phi) is 1.93. The Balaban J connectivity index is 2.61. The van der Waals surface area contributed by atoms with E-state index in [1.165, 1.54) is 27.4 Å². The zero-order valence-corrected chi connectivity index (χ0v) is 9.57. The molecule has 1 nitrogen and oxygen atoms in total. The summed E-state index contributed by atoms with van der Waals surface area (Å²) in [6.07, 6.45) is 4.32. The Hall–Kier alpha value is -1.89. The molecule has 2 heterocycles. The second kappa shape index (κ2) is 3.31. The van der Waals surface area contributed by atoms with Crippen molar-refractivity contribution in [1.29, 1.82) is 0 Å². The van der Waals surface area contributed by atoms with Crippen LogP contribution in [0.4, 0.5) is 0 Å². The molecule has 0 atom stereocenters. The van der Waals surface area contributed by atoms with E-state index in [-0.39, 0.29) is 0 Å². The Morgan fingerprint density at radius 1 is 0.875 bits per heavy atom. The Bertz CT molecular complexity index is 683. The van der Waals surface area contributed by atoms with Crippen LogP contribution in [0.25, 0.3) is 16.3 Å². The normalized spacial score (nSPS) is 11.1. The quantitative estimate of drug-likeness (QED) is 0.394. The fourth-order valence-electron chi connectivity index (χ4n) is 2.34. The highest BCUT2D eigenvalue weighted by Crippen LogP contribution is 2.22. The maximum Gasteiger partial charge on any atom is 0.214 e. The molecular formula is C15H14N+. The minimum Gasteiger partial charge on any atom is -0.166 e. The third-order valence-corrected chi connectivity index (χ3v) is 3.27. The molecule has 0 saturated heterocycles. The van der Waals surface area contributed by atoms with Crippen molar-refractivity contribution >= 4 is 16.3 Å². The van der Waals surface area contributed by atoms with E-state index in [1.807, 2.05) is 0 Å². The largest absolute Gasteiger partial charge is 0.214 e. The van der Waals surface area contributed by atoms with Gasteiger partial charge in [0.2, 0.25) is 5.52 Å². The van der Waals surface area contributed by atoms with E-state index in [9.17, 15) is 0 Å². The number of aromatic nitrogens is 1. The van der Waals surface area contributed by atoms with Gasteiger partial charge in [0.15, 0.2) is 12.4 Å². The molecule has 0 fully saturated rings. The molecule has 2 aromatic heterocycles. The first kappa shape index (κ1) is 9.34. The molecule has 78 valence electrons. The second-order valence-electron chi connectivity index (χ2n) is 4.28. The van der Waals surface area contributed by atoms with Gasteiger partial charge in [-0.1, -0.05) is 18.2 Å². The lowest BCUT2D eigenvalue weighted by molar-refractivity contribution is -0.510. The molecule has 0 N–H and O–H groups in total. The first-order chi connectivity index (χ1) is 7.77. The van der Waals surface area contributed by atoms with Gasteiger partial charge >= 0.3 is 0 Å². The third kappa shape index (κ3) is 1.21. The predicted octanol–water partition coefficient (Wildman–Crippen LogP) is 3.20. The van der Waals surface area contributed by atoms with Gasteiger partial charge in [-0.2, -0.15) is 4.40 Å². The Morgan fingerprint density at radius 2 is 1.75 bits per heavy atom. The van der Waals surface area contributed by atoms with Gasteiger partial charge in [0.05, 0.1) is 0 Å². The monoisotopic (exact) mass is 208 g/mol. The molecule has 0 saturated carbocycles. The first-order valence-electron chi connectivity index (χ1n) is 5.56. The molecule has 0 aliphatic carbocycles. The van der Waals surface area contributed by atoms with Crippen LogP contribution in [0.3, 0.4) is 0 Å².